The molecular formula is C11H16BrFN2S. The first-order chi connectivity index (χ1) is 7.54. The Hall–Kier alpha value is -0.420. The molecule has 1 unspecified atom stereocenters. The Kier molecular flexibility index (Phi) is 5.41. The molecule has 90 valence electrons. The van der Waals surface area contributed by atoms with Gasteiger partial charge in [-0.05, 0) is 34.7 Å². The molecule has 1 rings (SSSR count). The Morgan fingerprint density at radius 2 is 2.25 bits per heavy atom. The molecule has 1 aromatic rings. The SMILES string of the molecule is CCSCC(C)Nc1cc(F)c(Br)cc1N. The molecule has 16 heavy (non-hydrogen) atoms. The van der Waals surface area contributed by atoms with Crippen LogP contribution >= 0.6 is 27.7 Å². The first kappa shape index (κ1) is 13.6. The van der Waals surface area contributed by atoms with Crippen molar-refractivity contribution in [3.8, 4) is 0 Å². The number of hydrogen-bond acceptors (Lipinski definition) is 3. The van der Waals surface area contributed by atoms with Gasteiger partial charge in [-0.15, -0.1) is 0 Å². The van der Waals surface area contributed by atoms with E-state index in [2.05, 4.69) is 35.1 Å². The zero-order valence-corrected chi connectivity index (χ0v) is 11.8. The summed E-state index contributed by atoms with van der Waals surface area (Å²) in [5.41, 5.74) is 7.02. The van der Waals surface area contributed by atoms with E-state index >= 15 is 0 Å². The Bertz CT molecular complexity index is 360. The smallest absolute Gasteiger partial charge is 0.139 e. The lowest BCUT2D eigenvalue weighted by molar-refractivity contribution is 0.621. The van der Waals surface area contributed by atoms with E-state index < -0.39 is 0 Å². The van der Waals surface area contributed by atoms with Crippen LogP contribution in [0.1, 0.15) is 13.8 Å². The van der Waals surface area contributed by atoms with Crippen LogP contribution in [0.4, 0.5) is 15.8 Å². The van der Waals surface area contributed by atoms with Gasteiger partial charge in [0.2, 0.25) is 0 Å². The number of benzene rings is 1. The third-order valence-corrected chi connectivity index (χ3v) is 3.82. The number of nitrogen functional groups attached to an aromatic ring is 1. The standard InChI is InChI=1S/C11H16BrFN2S/c1-3-16-6-7(2)15-11-5-9(13)8(12)4-10(11)14/h4-5,7,15H,3,6,14H2,1-2H3. The highest BCUT2D eigenvalue weighted by Gasteiger charge is 2.08. The van der Waals surface area contributed by atoms with Gasteiger partial charge >= 0.3 is 0 Å². The molecule has 0 aliphatic rings. The summed E-state index contributed by atoms with van der Waals surface area (Å²) < 4.78 is 13.7. The molecule has 0 aromatic heterocycles. The van der Waals surface area contributed by atoms with Crippen molar-refractivity contribution >= 4 is 39.1 Å². The highest BCUT2D eigenvalue weighted by Crippen LogP contribution is 2.27. The van der Waals surface area contributed by atoms with Gasteiger partial charge in [0, 0.05) is 17.9 Å². The van der Waals surface area contributed by atoms with Crippen LogP contribution in [0.5, 0.6) is 0 Å². The van der Waals surface area contributed by atoms with Crippen LogP contribution in [0.15, 0.2) is 16.6 Å². The van der Waals surface area contributed by atoms with Crippen LogP contribution < -0.4 is 11.1 Å². The molecule has 1 aromatic carbocycles. The Labute approximate surface area is 108 Å². The molecule has 0 spiro atoms. The van der Waals surface area contributed by atoms with E-state index in [0.717, 1.165) is 11.5 Å². The lowest BCUT2D eigenvalue weighted by Crippen LogP contribution is -2.19. The number of halogens is 2. The average molecular weight is 307 g/mol. The van der Waals surface area contributed by atoms with E-state index in [1.165, 1.54) is 6.07 Å². The number of rotatable bonds is 5. The van der Waals surface area contributed by atoms with Crippen molar-refractivity contribution in [1.82, 2.24) is 0 Å². The fourth-order valence-electron chi connectivity index (χ4n) is 1.29. The summed E-state index contributed by atoms with van der Waals surface area (Å²) in [6, 6.07) is 3.27. The Morgan fingerprint density at radius 3 is 2.88 bits per heavy atom. The molecule has 0 amide bonds. The van der Waals surface area contributed by atoms with Gasteiger partial charge < -0.3 is 11.1 Å². The van der Waals surface area contributed by atoms with E-state index in [1.807, 2.05) is 11.8 Å². The van der Waals surface area contributed by atoms with Crippen molar-refractivity contribution in [2.45, 2.75) is 19.9 Å². The van der Waals surface area contributed by atoms with Crippen LogP contribution in [0.25, 0.3) is 0 Å². The maximum Gasteiger partial charge on any atom is 0.139 e. The van der Waals surface area contributed by atoms with Crippen molar-refractivity contribution in [3.05, 3.63) is 22.4 Å². The van der Waals surface area contributed by atoms with Crippen LogP contribution in [0.2, 0.25) is 0 Å². The van der Waals surface area contributed by atoms with Gasteiger partial charge in [0.1, 0.15) is 5.82 Å². The minimum absolute atomic E-state index is 0.271. The normalized spacial score (nSPS) is 12.5. The predicted octanol–water partition coefficient (Wildman–Crippen LogP) is 3.72. The first-order valence-electron chi connectivity index (χ1n) is 5.13. The molecule has 0 radical (unpaired) electrons. The average Bonchev–Trinajstić information content (AvgIpc) is 2.23. The monoisotopic (exact) mass is 306 g/mol. The fourth-order valence-corrected chi connectivity index (χ4v) is 2.32. The maximum atomic E-state index is 13.3. The van der Waals surface area contributed by atoms with E-state index in [-0.39, 0.29) is 11.9 Å². The predicted molar refractivity (Wildman–Crippen MR) is 74.6 cm³/mol. The Morgan fingerprint density at radius 1 is 1.56 bits per heavy atom. The quantitative estimate of drug-likeness (QED) is 0.814. The molecule has 1 atom stereocenters. The Balaban J connectivity index is 2.69. The zero-order chi connectivity index (χ0) is 12.1. The van der Waals surface area contributed by atoms with Gasteiger partial charge in [0.15, 0.2) is 0 Å². The number of thioether (sulfide) groups is 1. The van der Waals surface area contributed by atoms with Crippen molar-refractivity contribution in [2.75, 3.05) is 22.6 Å². The molecule has 0 bridgehead atoms. The lowest BCUT2D eigenvalue weighted by atomic mass is 10.2. The topological polar surface area (TPSA) is 38.0 Å². The molecule has 0 saturated heterocycles. The summed E-state index contributed by atoms with van der Waals surface area (Å²) in [7, 11) is 0. The molecule has 0 aliphatic carbocycles. The summed E-state index contributed by atoms with van der Waals surface area (Å²) in [6.07, 6.45) is 0. The summed E-state index contributed by atoms with van der Waals surface area (Å²) in [4.78, 5) is 0. The maximum absolute atomic E-state index is 13.3. The highest BCUT2D eigenvalue weighted by atomic mass is 79.9. The largest absolute Gasteiger partial charge is 0.397 e. The second kappa shape index (κ2) is 6.35. The third-order valence-electron chi connectivity index (χ3n) is 2.07. The van der Waals surface area contributed by atoms with Gasteiger partial charge in [-0.3, -0.25) is 0 Å². The summed E-state index contributed by atoms with van der Waals surface area (Å²) in [5.74, 6) is 1.76. The number of nitrogens with one attached hydrogen (secondary N) is 1. The van der Waals surface area contributed by atoms with E-state index in [9.17, 15) is 4.39 Å². The van der Waals surface area contributed by atoms with Crippen molar-refractivity contribution in [2.24, 2.45) is 0 Å². The van der Waals surface area contributed by atoms with Crippen molar-refractivity contribution in [3.63, 3.8) is 0 Å². The highest BCUT2D eigenvalue weighted by molar-refractivity contribution is 9.10. The van der Waals surface area contributed by atoms with Gasteiger partial charge in [0.05, 0.1) is 15.8 Å². The zero-order valence-electron chi connectivity index (χ0n) is 9.39. The number of anilines is 2. The van der Waals surface area contributed by atoms with Gasteiger partial charge in [-0.1, -0.05) is 6.92 Å². The second-order valence-electron chi connectivity index (χ2n) is 3.56. The first-order valence-corrected chi connectivity index (χ1v) is 7.08. The summed E-state index contributed by atoms with van der Waals surface area (Å²) in [6.45, 7) is 4.17. The molecule has 0 heterocycles. The molecule has 3 N–H and O–H groups in total. The second-order valence-corrected chi connectivity index (χ2v) is 5.73. The van der Waals surface area contributed by atoms with Crippen LogP contribution in [-0.2, 0) is 0 Å². The number of nitrogens with two attached hydrogens (primary N) is 1. The van der Waals surface area contributed by atoms with Crippen LogP contribution in [0, 0.1) is 5.82 Å². The molecule has 2 nitrogen and oxygen atoms in total. The summed E-state index contributed by atoms with van der Waals surface area (Å²) in [5, 5.41) is 3.21. The molecule has 0 fully saturated rings. The van der Waals surface area contributed by atoms with Gasteiger partial charge in [-0.2, -0.15) is 11.8 Å². The van der Waals surface area contributed by atoms with Gasteiger partial charge in [0.25, 0.3) is 0 Å². The van der Waals surface area contributed by atoms with Crippen molar-refractivity contribution < 1.29 is 4.39 Å². The van der Waals surface area contributed by atoms with E-state index in [4.69, 9.17) is 5.73 Å². The van der Waals surface area contributed by atoms with Gasteiger partial charge in [-0.25, -0.2) is 4.39 Å². The minimum atomic E-state index is -0.299. The number of hydrogen-bond donors (Lipinski definition) is 2. The van der Waals surface area contributed by atoms with Crippen LogP contribution in [0.3, 0.4) is 0 Å². The third kappa shape index (κ3) is 3.87. The molecule has 5 heteroatoms. The molecule has 0 saturated carbocycles. The molecule has 0 aliphatic heterocycles. The molecular weight excluding hydrogens is 291 g/mol. The van der Waals surface area contributed by atoms with E-state index in [1.54, 1.807) is 6.07 Å². The van der Waals surface area contributed by atoms with Crippen molar-refractivity contribution in [1.29, 1.82) is 0 Å². The van der Waals surface area contributed by atoms with E-state index in [0.29, 0.717) is 15.8 Å². The fraction of sp³-hybridized carbons (Fsp3) is 0.455. The lowest BCUT2D eigenvalue weighted by Gasteiger charge is -2.16. The minimum Gasteiger partial charge on any atom is -0.397 e. The van der Waals surface area contributed by atoms with Crippen LogP contribution in [-0.4, -0.2) is 17.5 Å². The summed E-state index contributed by atoms with van der Waals surface area (Å²) >= 11 is 4.94.